The third-order valence-electron chi connectivity index (χ3n) is 4.74. The van der Waals surface area contributed by atoms with Gasteiger partial charge in [-0.25, -0.2) is 9.48 Å². The van der Waals surface area contributed by atoms with Crippen molar-refractivity contribution in [2.75, 3.05) is 13.1 Å². The summed E-state index contributed by atoms with van der Waals surface area (Å²) in [6.07, 6.45) is 2.72. The summed E-state index contributed by atoms with van der Waals surface area (Å²) >= 11 is 0. The highest BCUT2D eigenvalue weighted by Gasteiger charge is 2.28. The largest absolute Gasteiger partial charge is 0.444 e. The first-order valence-corrected chi connectivity index (χ1v) is 9.63. The molecule has 1 aromatic heterocycles. The molecular weight excluding hydrogens is 356 g/mol. The van der Waals surface area contributed by atoms with Gasteiger partial charge < -0.3 is 15.0 Å². The highest BCUT2D eigenvalue weighted by Crippen LogP contribution is 2.17. The fourth-order valence-corrected chi connectivity index (χ4v) is 3.26. The van der Waals surface area contributed by atoms with Crippen LogP contribution in [0.5, 0.6) is 0 Å². The molecule has 0 aliphatic carbocycles. The van der Waals surface area contributed by atoms with Crippen LogP contribution in [-0.2, 0) is 4.74 Å². The smallest absolute Gasteiger partial charge is 0.410 e. The number of ether oxygens (including phenoxy) is 1. The van der Waals surface area contributed by atoms with E-state index in [1.807, 2.05) is 58.0 Å². The van der Waals surface area contributed by atoms with Crippen LogP contribution in [0.4, 0.5) is 4.79 Å². The zero-order valence-electron chi connectivity index (χ0n) is 16.9. The van der Waals surface area contributed by atoms with Gasteiger partial charge in [-0.15, -0.1) is 0 Å². The number of benzene rings is 1. The number of para-hydroxylation sites is 1. The Hall–Kier alpha value is -2.83. The Kier molecular flexibility index (Phi) is 5.72. The van der Waals surface area contributed by atoms with E-state index in [0.29, 0.717) is 31.5 Å². The van der Waals surface area contributed by atoms with Crippen LogP contribution in [0, 0.1) is 6.92 Å². The van der Waals surface area contributed by atoms with Gasteiger partial charge in [0.2, 0.25) is 0 Å². The number of hydrogen-bond acceptors (Lipinski definition) is 4. The van der Waals surface area contributed by atoms with Crippen LogP contribution < -0.4 is 5.32 Å². The van der Waals surface area contributed by atoms with Crippen LogP contribution >= 0.6 is 0 Å². The Balaban J connectivity index is 1.57. The van der Waals surface area contributed by atoms with E-state index < -0.39 is 5.60 Å². The molecule has 0 radical (unpaired) electrons. The highest BCUT2D eigenvalue weighted by molar-refractivity contribution is 5.95. The van der Waals surface area contributed by atoms with Gasteiger partial charge in [0.05, 0.1) is 23.1 Å². The molecule has 3 rings (SSSR count). The lowest BCUT2D eigenvalue weighted by molar-refractivity contribution is 0.0199. The fraction of sp³-hybridized carbons (Fsp3) is 0.476. The van der Waals surface area contributed by atoms with Gasteiger partial charge in [0.15, 0.2) is 0 Å². The van der Waals surface area contributed by atoms with Crippen LogP contribution in [0.1, 0.15) is 49.7 Å². The lowest BCUT2D eigenvalue weighted by Crippen LogP contribution is -2.47. The Bertz CT molecular complexity index is 831. The number of piperidine rings is 1. The number of carbonyl (C=O) groups excluding carboxylic acids is 2. The fourth-order valence-electron chi connectivity index (χ4n) is 3.26. The molecule has 0 unspecified atom stereocenters. The van der Waals surface area contributed by atoms with Crippen molar-refractivity contribution in [2.24, 2.45) is 0 Å². The quantitative estimate of drug-likeness (QED) is 0.881. The summed E-state index contributed by atoms with van der Waals surface area (Å²) in [4.78, 5) is 26.6. The number of hydrogen-bond donors (Lipinski definition) is 1. The van der Waals surface area contributed by atoms with Gasteiger partial charge in [-0.2, -0.15) is 5.10 Å². The zero-order chi connectivity index (χ0) is 20.3. The number of nitrogens with zero attached hydrogens (tertiary/aromatic N) is 3. The van der Waals surface area contributed by atoms with E-state index >= 15 is 0 Å². The average Bonchev–Trinajstić information content (AvgIpc) is 3.03. The SMILES string of the molecule is Cc1c(C(=O)NC2CCN(C(=O)OC(C)(C)C)CC2)cnn1-c1ccccc1. The Labute approximate surface area is 165 Å². The van der Waals surface area contributed by atoms with Crippen LogP contribution in [0.15, 0.2) is 36.5 Å². The minimum absolute atomic E-state index is 0.0330. The first kappa shape index (κ1) is 19.9. The van der Waals surface area contributed by atoms with Crippen molar-refractivity contribution in [1.29, 1.82) is 0 Å². The molecule has 28 heavy (non-hydrogen) atoms. The van der Waals surface area contributed by atoms with Gasteiger partial charge >= 0.3 is 6.09 Å². The summed E-state index contributed by atoms with van der Waals surface area (Å²) in [5.74, 6) is -0.129. The number of nitrogens with one attached hydrogen (secondary N) is 1. The van der Waals surface area contributed by atoms with Crippen molar-refractivity contribution in [3.63, 3.8) is 0 Å². The average molecular weight is 384 g/mol. The number of carbonyl (C=O) groups is 2. The van der Waals surface area contributed by atoms with Crippen LogP contribution in [0.2, 0.25) is 0 Å². The van der Waals surface area contributed by atoms with E-state index in [1.54, 1.807) is 15.8 Å². The molecule has 7 nitrogen and oxygen atoms in total. The molecule has 1 N–H and O–H groups in total. The number of rotatable bonds is 3. The Morgan fingerprint density at radius 2 is 1.79 bits per heavy atom. The molecule has 1 fully saturated rings. The number of aromatic nitrogens is 2. The lowest BCUT2D eigenvalue weighted by atomic mass is 10.0. The van der Waals surface area contributed by atoms with E-state index in [9.17, 15) is 9.59 Å². The molecule has 2 aromatic rings. The third kappa shape index (κ3) is 4.71. The second-order valence-corrected chi connectivity index (χ2v) is 8.11. The van der Waals surface area contributed by atoms with Gasteiger partial charge in [0.1, 0.15) is 5.60 Å². The van der Waals surface area contributed by atoms with Gasteiger partial charge in [-0.05, 0) is 52.7 Å². The first-order chi connectivity index (χ1) is 13.2. The molecule has 2 amide bonds. The van der Waals surface area contributed by atoms with E-state index in [2.05, 4.69) is 10.4 Å². The monoisotopic (exact) mass is 384 g/mol. The maximum atomic E-state index is 12.7. The van der Waals surface area contributed by atoms with Gasteiger partial charge in [0, 0.05) is 19.1 Å². The normalized spacial score (nSPS) is 15.4. The van der Waals surface area contributed by atoms with Crippen molar-refractivity contribution in [3.8, 4) is 5.69 Å². The Morgan fingerprint density at radius 3 is 2.39 bits per heavy atom. The molecule has 1 saturated heterocycles. The minimum Gasteiger partial charge on any atom is -0.444 e. The van der Waals surface area contributed by atoms with Crippen LogP contribution in [0.3, 0.4) is 0 Å². The summed E-state index contributed by atoms with van der Waals surface area (Å²) in [6, 6.07) is 9.76. The van der Waals surface area contributed by atoms with E-state index in [4.69, 9.17) is 4.74 Å². The summed E-state index contributed by atoms with van der Waals surface area (Å²) < 4.78 is 7.18. The van der Waals surface area contributed by atoms with Crippen LogP contribution in [0.25, 0.3) is 5.69 Å². The van der Waals surface area contributed by atoms with Crippen molar-refractivity contribution in [3.05, 3.63) is 47.8 Å². The molecule has 150 valence electrons. The second-order valence-electron chi connectivity index (χ2n) is 8.11. The Morgan fingerprint density at radius 1 is 1.14 bits per heavy atom. The van der Waals surface area contributed by atoms with Gasteiger partial charge in [0.25, 0.3) is 5.91 Å². The van der Waals surface area contributed by atoms with Crippen molar-refractivity contribution in [1.82, 2.24) is 20.0 Å². The van der Waals surface area contributed by atoms with Crippen molar-refractivity contribution >= 4 is 12.0 Å². The summed E-state index contributed by atoms with van der Waals surface area (Å²) in [5.41, 5.74) is 1.79. The molecule has 7 heteroatoms. The maximum absolute atomic E-state index is 12.7. The molecule has 1 aromatic carbocycles. The third-order valence-corrected chi connectivity index (χ3v) is 4.74. The van der Waals surface area contributed by atoms with Gasteiger partial charge in [-0.1, -0.05) is 18.2 Å². The molecule has 1 aliphatic rings. The van der Waals surface area contributed by atoms with Crippen LogP contribution in [-0.4, -0.2) is 51.4 Å². The number of likely N-dealkylation sites (tertiary alicyclic amines) is 1. The topological polar surface area (TPSA) is 76.5 Å². The molecule has 1 aliphatic heterocycles. The zero-order valence-corrected chi connectivity index (χ0v) is 16.9. The van der Waals surface area contributed by atoms with Crippen molar-refractivity contribution < 1.29 is 14.3 Å². The predicted molar refractivity (Wildman–Crippen MR) is 107 cm³/mol. The summed E-state index contributed by atoms with van der Waals surface area (Å²) in [7, 11) is 0. The standard InChI is InChI=1S/C21H28N4O3/c1-15-18(14-22-25(15)17-8-6-5-7-9-17)19(26)23-16-10-12-24(13-11-16)20(27)28-21(2,3)4/h5-9,14,16H,10-13H2,1-4H3,(H,23,26). The first-order valence-electron chi connectivity index (χ1n) is 9.63. The molecule has 0 spiro atoms. The van der Waals surface area contributed by atoms with Crippen molar-refractivity contribution in [2.45, 2.75) is 52.2 Å². The number of amides is 2. The highest BCUT2D eigenvalue weighted by atomic mass is 16.6. The summed E-state index contributed by atoms with van der Waals surface area (Å²) in [5, 5.41) is 7.43. The van der Waals surface area contributed by atoms with E-state index in [0.717, 1.165) is 11.4 Å². The molecule has 0 bridgehead atoms. The molecular formula is C21H28N4O3. The predicted octanol–water partition coefficient (Wildman–Crippen LogP) is 3.31. The molecule has 2 heterocycles. The van der Waals surface area contributed by atoms with Gasteiger partial charge in [-0.3, -0.25) is 4.79 Å². The maximum Gasteiger partial charge on any atom is 0.410 e. The molecule has 0 atom stereocenters. The van der Waals surface area contributed by atoms with E-state index in [1.165, 1.54) is 0 Å². The second kappa shape index (κ2) is 8.04. The minimum atomic E-state index is -0.501. The summed E-state index contributed by atoms with van der Waals surface area (Å²) in [6.45, 7) is 8.60. The molecule has 0 saturated carbocycles. The lowest BCUT2D eigenvalue weighted by Gasteiger charge is -2.33. The van der Waals surface area contributed by atoms with E-state index in [-0.39, 0.29) is 18.0 Å².